The highest BCUT2D eigenvalue weighted by Gasteiger charge is 2.24. The first-order valence-electron chi connectivity index (χ1n) is 8.43. The third-order valence-corrected chi connectivity index (χ3v) is 5.11. The molecule has 1 atom stereocenters. The van der Waals surface area contributed by atoms with Crippen LogP contribution in [0.4, 0.5) is 0 Å². The summed E-state index contributed by atoms with van der Waals surface area (Å²) >= 11 is 6.36. The van der Waals surface area contributed by atoms with E-state index in [1.165, 1.54) is 6.42 Å². The van der Waals surface area contributed by atoms with E-state index in [2.05, 4.69) is 17.1 Å². The lowest BCUT2D eigenvalue weighted by Gasteiger charge is -2.23. The SMILES string of the molecule is CCN1CCCC1CNC(=O)c1cc(Cl)c2ccccc2c1OC. The average Bonchev–Trinajstić information content (AvgIpc) is 3.07. The number of likely N-dealkylation sites (tertiary alicyclic amines) is 1. The molecule has 1 aliphatic rings. The van der Waals surface area contributed by atoms with Gasteiger partial charge in [-0.1, -0.05) is 42.8 Å². The van der Waals surface area contributed by atoms with Crippen LogP contribution < -0.4 is 10.1 Å². The molecule has 5 heteroatoms. The van der Waals surface area contributed by atoms with Crippen molar-refractivity contribution < 1.29 is 9.53 Å². The number of hydrogen-bond donors (Lipinski definition) is 1. The quantitative estimate of drug-likeness (QED) is 0.897. The predicted octanol–water partition coefficient (Wildman–Crippen LogP) is 3.72. The van der Waals surface area contributed by atoms with E-state index in [0.29, 0.717) is 28.9 Å². The predicted molar refractivity (Wildman–Crippen MR) is 98.1 cm³/mol. The maximum atomic E-state index is 12.7. The number of carbonyl (C=O) groups is 1. The lowest BCUT2D eigenvalue weighted by molar-refractivity contribution is 0.0938. The number of carbonyl (C=O) groups excluding carboxylic acids is 1. The Morgan fingerprint density at radius 3 is 2.83 bits per heavy atom. The van der Waals surface area contributed by atoms with Crippen LogP contribution in [-0.4, -0.2) is 43.6 Å². The Morgan fingerprint density at radius 2 is 2.12 bits per heavy atom. The van der Waals surface area contributed by atoms with Gasteiger partial charge in [0.2, 0.25) is 0 Å². The van der Waals surface area contributed by atoms with Crippen LogP contribution in [0.2, 0.25) is 5.02 Å². The van der Waals surface area contributed by atoms with E-state index in [-0.39, 0.29) is 5.91 Å². The molecule has 0 bridgehead atoms. The maximum absolute atomic E-state index is 12.7. The summed E-state index contributed by atoms with van der Waals surface area (Å²) in [6.45, 7) is 4.94. The molecule has 1 aliphatic heterocycles. The molecule has 1 heterocycles. The molecule has 4 nitrogen and oxygen atoms in total. The standard InChI is InChI=1S/C19H23ClN2O2/c1-3-22-10-6-7-13(22)12-21-19(23)16-11-17(20)14-8-4-5-9-15(14)18(16)24-2/h4-5,8-9,11,13H,3,6-7,10,12H2,1-2H3,(H,21,23). The fourth-order valence-corrected chi connectivity index (χ4v) is 3.82. The van der Waals surface area contributed by atoms with Gasteiger partial charge in [-0.25, -0.2) is 0 Å². The fraction of sp³-hybridized carbons (Fsp3) is 0.421. The van der Waals surface area contributed by atoms with Gasteiger partial charge in [-0.15, -0.1) is 0 Å². The highest BCUT2D eigenvalue weighted by atomic mass is 35.5. The number of benzene rings is 2. The van der Waals surface area contributed by atoms with Gasteiger partial charge >= 0.3 is 0 Å². The number of rotatable bonds is 5. The summed E-state index contributed by atoms with van der Waals surface area (Å²) < 4.78 is 5.52. The Labute approximate surface area is 147 Å². The Bertz CT molecular complexity index is 747. The molecule has 1 unspecified atom stereocenters. The highest BCUT2D eigenvalue weighted by molar-refractivity contribution is 6.36. The third kappa shape index (κ3) is 3.21. The highest BCUT2D eigenvalue weighted by Crippen LogP contribution is 2.35. The van der Waals surface area contributed by atoms with Crippen molar-refractivity contribution in [3.63, 3.8) is 0 Å². The molecule has 1 fully saturated rings. The topological polar surface area (TPSA) is 41.6 Å². The summed E-state index contributed by atoms with van der Waals surface area (Å²) in [4.78, 5) is 15.1. The molecule has 1 saturated heterocycles. The fourth-order valence-electron chi connectivity index (χ4n) is 3.54. The van der Waals surface area contributed by atoms with Crippen LogP contribution in [0.5, 0.6) is 5.75 Å². The molecule has 2 aromatic carbocycles. The minimum absolute atomic E-state index is 0.137. The van der Waals surface area contributed by atoms with Crippen molar-refractivity contribution in [1.29, 1.82) is 0 Å². The summed E-state index contributed by atoms with van der Waals surface area (Å²) in [5, 5.41) is 5.36. The monoisotopic (exact) mass is 346 g/mol. The molecule has 0 aromatic heterocycles. The van der Waals surface area contributed by atoms with E-state index in [1.54, 1.807) is 13.2 Å². The number of fused-ring (bicyclic) bond motifs is 1. The lowest BCUT2D eigenvalue weighted by atomic mass is 10.0. The van der Waals surface area contributed by atoms with Gasteiger partial charge in [0.25, 0.3) is 5.91 Å². The van der Waals surface area contributed by atoms with Crippen molar-refractivity contribution in [2.24, 2.45) is 0 Å². The molecule has 3 rings (SSSR count). The number of nitrogens with zero attached hydrogens (tertiary/aromatic N) is 1. The molecule has 0 spiro atoms. The van der Waals surface area contributed by atoms with E-state index in [9.17, 15) is 4.79 Å². The van der Waals surface area contributed by atoms with E-state index in [1.807, 2.05) is 24.3 Å². The first kappa shape index (κ1) is 17.1. The Hall–Kier alpha value is -1.78. The van der Waals surface area contributed by atoms with Crippen molar-refractivity contribution in [3.8, 4) is 5.75 Å². The van der Waals surface area contributed by atoms with Gasteiger partial charge in [0.05, 0.1) is 12.7 Å². The number of ether oxygens (including phenoxy) is 1. The Balaban J connectivity index is 1.84. The van der Waals surface area contributed by atoms with E-state index in [4.69, 9.17) is 16.3 Å². The largest absolute Gasteiger partial charge is 0.495 e. The molecular formula is C19H23ClN2O2. The first-order valence-corrected chi connectivity index (χ1v) is 8.81. The minimum Gasteiger partial charge on any atom is -0.495 e. The minimum atomic E-state index is -0.137. The normalized spacial score (nSPS) is 18.0. The average molecular weight is 347 g/mol. The van der Waals surface area contributed by atoms with Gasteiger partial charge < -0.3 is 10.1 Å². The van der Waals surface area contributed by atoms with Gasteiger partial charge in [-0.2, -0.15) is 0 Å². The van der Waals surface area contributed by atoms with Crippen LogP contribution in [0, 0.1) is 0 Å². The number of halogens is 1. The molecule has 0 aliphatic carbocycles. The number of methoxy groups -OCH3 is 1. The van der Waals surface area contributed by atoms with Crippen molar-refractivity contribution in [2.45, 2.75) is 25.8 Å². The molecule has 1 N–H and O–H groups in total. The first-order chi connectivity index (χ1) is 11.7. The molecule has 128 valence electrons. The van der Waals surface area contributed by atoms with E-state index >= 15 is 0 Å². The zero-order valence-electron chi connectivity index (χ0n) is 14.1. The maximum Gasteiger partial charge on any atom is 0.255 e. The van der Waals surface area contributed by atoms with Crippen LogP contribution in [0.15, 0.2) is 30.3 Å². The summed E-state index contributed by atoms with van der Waals surface area (Å²) in [6.07, 6.45) is 2.32. The Morgan fingerprint density at radius 1 is 1.38 bits per heavy atom. The van der Waals surface area contributed by atoms with Gasteiger partial charge in [0.1, 0.15) is 5.75 Å². The van der Waals surface area contributed by atoms with Crippen molar-refractivity contribution in [2.75, 3.05) is 26.7 Å². The molecule has 1 amide bonds. The summed E-state index contributed by atoms with van der Waals surface area (Å²) in [7, 11) is 1.59. The van der Waals surface area contributed by atoms with Crippen molar-refractivity contribution in [1.82, 2.24) is 10.2 Å². The zero-order chi connectivity index (χ0) is 17.1. The summed E-state index contributed by atoms with van der Waals surface area (Å²) in [6, 6.07) is 9.81. The van der Waals surface area contributed by atoms with Crippen LogP contribution in [0.25, 0.3) is 10.8 Å². The van der Waals surface area contributed by atoms with Gasteiger partial charge in [0.15, 0.2) is 0 Å². The van der Waals surface area contributed by atoms with Crippen molar-refractivity contribution >= 4 is 28.3 Å². The van der Waals surface area contributed by atoms with Gasteiger partial charge in [0, 0.05) is 28.4 Å². The van der Waals surface area contributed by atoms with Crippen LogP contribution >= 0.6 is 11.6 Å². The molecular weight excluding hydrogens is 324 g/mol. The van der Waals surface area contributed by atoms with Crippen LogP contribution in [-0.2, 0) is 0 Å². The van der Waals surface area contributed by atoms with Gasteiger partial charge in [-0.3, -0.25) is 9.69 Å². The van der Waals surface area contributed by atoms with Gasteiger partial charge in [-0.05, 0) is 32.0 Å². The van der Waals surface area contributed by atoms with Crippen LogP contribution in [0.1, 0.15) is 30.1 Å². The van der Waals surface area contributed by atoms with Crippen molar-refractivity contribution in [3.05, 3.63) is 40.9 Å². The number of hydrogen-bond acceptors (Lipinski definition) is 3. The second-order valence-corrected chi connectivity index (χ2v) is 6.53. The molecule has 24 heavy (non-hydrogen) atoms. The molecule has 0 saturated carbocycles. The third-order valence-electron chi connectivity index (χ3n) is 4.80. The molecule has 2 aromatic rings. The zero-order valence-corrected chi connectivity index (χ0v) is 14.9. The summed E-state index contributed by atoms with van der Waals surface area (Å²) in [5.41, 5.74) is 0.488. The van der Waals surface area contributed by atoms with E-state index < -0.39 is 0 Å². The second-order valence-electron chi connectivity index (χ2n) is 6.12. The lowest BCUT2D eigenvalue weighted by Crippen LogP contribution is -2.40. The Kier molecular flexibility index (Phi) is 5.27. The number of amides is 1. The van der Waals surface area contributed by atoms with Crippen LogP contribution in [0.3, 0.4) is 0 Å². The molecule has 0 radical (unpaired) electrons. The smallest absolute Gasteiger partial charge is 0.255 e. The second kappa shape index (κ2) is 7.41. The summed E-state index contributed by atoms with van der Waals surface area (Å²) in [5.74, 6) is 0.439. The van der Waals surface area contributed by atoms with E-state index in [0.717, 1.165) is 30.3 Å². The number of likely N-dealkylation sites (N-methyl/N-ethyl adjacent to an activating group) is 1. The number of nitrogens with one attached hydrogen (secondary N) is 1.